The molecule has 0 aliphatic carbocycles. The van der Waals surface area contributed by atoms with E-state index in [9.17, 15) is 8.78 Å². The van der Waals surface area contributed by atoms with E-state index in [-0.39, 0.29) is 11.1 Å². The van der Waals surface area contributed by atoms with E-state index in [1.807, 2.05) is 0 Å². The Balaban J connectivity index is 3.65. The smallest absolute Gasteiger partial charge is 0.164 e. The molecule has 0 bridgehead atoms. The Hall–Kier alpha value is -1.45. The molecule has 2 nitrogen and oxygen atoms in total. The van der Waals surface area contributed by atoms with Gasteiger partial charge in [-0.15, -0.1) is 0 Å². The van der Waals surface area contributed by atoms with Gasteiger partial charge in [0.1, 0.15) is 0 Å². The number of hydrogen-bond acceptors (Lipinski definition) is 2. The van der Waals surface area contributed by atoms with Gasteiger partial charge in [-0.05, 0) is 20.6 Å². The van der Waals surface area contributed by atoms with Crippen LogP contribution in [0.2, 0.25) is 0 Å². The van der Waals surface area contributed by atoms with Gasteiger partial charge in [-0.1, -0.05) is 0 Å². The molecule has 1 rings (SSSR count). The quantitative estimate of drug-likeness (QED) is 0.726. The van der Waals surface area contributed by atoms with Gasteiger partial charge in [0, 0.05) is 18.2 Å². The van der Waals surface area contributed by atoms with Gasteiger partial charge < -0.3 is 5.32 Å². The van der Waals surface area contributed by atoms with Crippen molar-refractivity contribution in [1.82, 2.24) is 0 Å². The van der Waals surface area contributed by atoms with E-state index < -0.39 is 11.6 Å². The van der Waals surface area contributed by atoms with Crippen LogP contribution in [0.15, 0.2) is 4.99 Å². The summed E-state index contributed by atoms with van der Waals surface area (Å²) >= 11 is 0. The van der Waals surface area contributed by atoms with Crippen LogP contribution in [0.1, 0.15) is 11.1 Å². The highest BCUT2D eigenvalue weighted by atomic mass is 19.2. The Kier molecular flexibility index (Phi) is 2.84. The maximum Gasteiger partial charge on any atom is 0.164 e. The Morgan fingerprint density at radius 2 is 1.64 bits per heavy atom. The molecule has 0 fully saturated rings. The fourth-order valence-corrected chi connectivity index (χ4v) is 1.41. The van der Waals surface area contributed by atoms with Crippen LogP contribution in [0.4, 0.5) is 20.2 Å². The summed E-state index contributed by atoms with van der Waals surface area (Å²) in [5.41, 5.74) is 1.24. The minimum atomic E-state index is -0.857. The lowest BCUT2D eigenvalue weighted by Gasteiger charge is -2.13. The van der Waals surface area contributed by atoms with Crippen molar-refractivity contribution in [2.24, 2.45) is 4.99 Å². The number of rotatable bonds is 2. The number of aliphatic imine (C=N–C) groups is 1. The average molecular weight is 198 g/mol. The predicted octanol–water partition coefficient (Wildman–Crippen LogP) is 2.96. The summed E-state index contributed by atoms with van der Waals surface area (Å²) < 4.78 is 26.5. The van der Waals surface area contributed by atoms with E-state index in [0.717, 1.165) is 0 Å². The molecule has 0 saturated heterocycles. The molecule has 0 heterocycles. The predicted molar refractivity (Wildman–Crippen MR) is 54.6 cm³/mol. The van der Waals surface area contributed by atoms with Crippen LogP contribution in [0, 0.1) is 25.5 Å². The van der Waals surface area contributed by atoms with Crippen molar-refractivity contribution in [3.63, 3.8) is 0 Å². The second-order valence-electron chi connectivity index (χ2n) is 3.01. The molecule has 1 aromatic carbocycles. The summed E-state index contributed by atoms with van der Waals surface area (Å²) in [6.45, 7) is 6.31. The minimum absolute atomic E-state index is 0.174. The molecule has 0 atom stereocenters. The van der Waals surface area contributed by atoms with Crippen molar-refractivity contribution in [1.29, 1.82) is 0 Å². The van der Waals surface area contributed by atoms with Gasteiger partial charge in [-0.2, -0.15) is 0 Å². The second-order valence-corrected chi connectivity index (χ2v) is 3.01. The second kappa shape index (κ2) is 3.74. The van der Waals surface area contributed by atoms with E-state index in [1.54, 1.807) is 7.05 Å². The number of nitrogens with one attached hydrogen (secondary N) is 1. The van der Waals surface area contributed by atoms with Gasteiger partial charge in [-0.3, -0.25) is 4.99 Å². The Morgan fingerprint density at radius 1 is 1.14 bits per heavy atom. The molecular formula is C10H12F2N2. The number of anilines is 1. The summed E-state index contributed by atoms with van der Waals surface area (Å²) in [5, 5.41) is 2.78. The molecule has 76 valence electrons. The highest BCUT2D eigenvalue weighted by Crippen LogP contribution is 2.35. The molecule has 0 spiro atoms. The molecule has 14 heavy (non-hydrogen) atoms. The molecule has 0 aromatic heterocycles. The Labute approximate surface area is 81.7 Å². The van der Waals surface area contributed by atoms with E-state index in [0.29, 0.717) is 11.4 Å². The number of nitrogens with zero attached hydrogens (tertiary/aromatic N) is 1. The first kappa shape index (κ1) is 10.6. The summed E-state index contributed by atoms with van der Waals surface area (Å²) in [4.78, 5) is 3.68. The van der Waals surface area contributed by atoms with Gasteiger partial charge in [-0.25, -0.2) is 8.78 Å². The van der Waals surface area contributed by atoms with Crippen LogP contribution in [0.5, 0.6) is 0 Å². The zero-order valence-corrected chi connectivity index (χ0v) is 8.41. The van der Waals surface area contributed by atoms with Crippen LogP contribution in [-0.2, 0) is 0 Å². The standard InChI is InChI=1S/C10H12F2N2/c1-5-7(11)8(12)6(2)10(14-4)9(5)13-3/h14H,3H2,1-2,4H3. The number of hydrogen-bond donors (Lipinski definition) is 1. The van der Waals surface area contributed by atoms with Gasteiger partial charge >= 0.3 is 0 Å². The van der Waals surface area contributed by atoms with Crippen LogP contribution >= 0.6 is 0 Å². The first-order valence-electron chi connectivity index (χ1n) is 4.17. The molecule has 1 aromatic rings. The lowest BCUT2D eigenvalue weighted by atomic mass is 10.1. The summed E-state index contributed by atoms with van der Waals surface area (Å²) in [5.74, 6) is -1.69. The topological polar surface area (TPSA) is 24.4 Å². The van der Waals surface area contributed by atoms with Crippen LogP contribution in [-0.4, -0.2) is 13.8 Å². The van der Waals surface area contributed by atoms with Crippen LogP contribution in [0.3, 0.4) is 0 Å². The molecule has 0 unspecified atom stereocenters. The molecule has 4 heteroatoms. The molecule has 0 aliphatic heterocycles. The molecule has 0 radical (unpaired) electrons. The lowest BCUT2D eigenvalue weighted by molar-refractivity contribution is 0.499. The van der Waals surface area contributed by atoms with Crippen molar-refractivity contribution in [3.8, 4) is 0 Å². The van der Waals surface area contributed by atoms with Crippen molar-refractivity contribution in [2.45, 2.75) is 13.8 Å². The number of benzene rings is 1. The Bertz CT molecular complexity index is 386. The fourth-order valence-electron chi connectivity index (χ4n) is 1.41. The SMILES string of the molecule is C=Nc1c(C)c(F)c(F)c(C)c1NC. The summed E-state index contributed by atoms with van der Waals surface area (Å²) in [7, 11) is 1.63. The Morgan fingerprint density at radius 3 is 2.07 bits per heavy atom. The molecule has 0 saturated carbocycles. The van der Waals surface area contributed by atoms with Crippen LogP contribution < -0.4 is 5.32 Å². The molecular weight excluding hydrogens is 186 g/mol. The van der Waals surface area contributed by atoms with Crippen molar-refractivity contribution < 1.29 is 8.78 Å². The van der Waals surface area contributed by atoms with E-state index >= 15 is 0 Å². The summed E-state index contributed by atoms with van der Waals surface area (Å²) in [6, 6.07) is 0. The maximum atomic E-state index is 13.3. The van der Waals surface area contributed by atoms with Crippen molar-refractivity contribution >= 4 is 18.1 Å². The number of halogens is 2. The zero-order valence-electron chi connectivity index (χ0n) is 8.41. The third-order valence-electron chi connectivity index (χ3n) is 2.23. The monoisotopic (exact) mass is 198 g/mol. The lowest BCUT2D eigenvalue weighted by Crippen LogP contribution is -2.01. The first-order chi connectivity index (χ1) is 6.54. The molecule has 0 amide bonds. The zero-order chi connectivity index (χ0) is 10.9. The highest BCUT2D eigenvalue weighted by molar-refractivity contribution is 5.74. The van der Waals surface area contributed by atoms with Crippen LogP contribution in [0.25, 0.3) is 0 Å². The van der Waals surface area contributed by atoms with E-state index in [1.165, 1.54) is 13.8 Å². The third kappa shape index (κ3) is 1.36. The van der Waals surface area contributed by atoms with Gasteiger partial charge in [0.2, 0.25) is 0 Å². The average Bonchev–Trinajstić information content (AvgIpc) is 2.20. The highest BCUT2D eigenvalue weighted by Gasteiger charge is 2.18. The van der Waals surface area contributed by atoms with Gasteiger partial charge in [0.05, 0.1) is 11.4 Å². The normalized spacial score (nSPS) is 10.1. The first-order valence-corrected chi connectivity index (χ1v) is 4.17. The van der Waals surface area contributed by atoms with Gasteiger partial charge in [0.15, 0.2) is 11.6 Å². The maximum absolute atomic E-state index is 13.3. The van der Waals surface area contributed by atoms with E-state index in [2.05, 4.69) is 17.0 Å². The fraction of sp³-hybridized carbons (Fsp3) is 0.300. The van der Waals surface area contributed by atoms with Crippen molar-refractivity contribution in [2.75, 3.05) is 12.4 Å². The van der Waals surface area contributed by atoms with Gasteiger partial charge in [0.25, 0.3) is 0 Å². The molecule has 0 aliphatic rings. The minimum Gasteiger partial charge on any atom is -0.386 e. The third-order valence-corrected chi connectivity index (χ3v) is 2.23. The summed E-state index contributed by atoms with van der Waals surface area (Å²) in [6.07, 6.45) is 0. The van der Waals surface area contributed by atoms with Crippen molar-refractivity contribution in [3.05, 3.63) is 22.8 Å². The largest absolute Gasteiger partial charge is 0.386 e. The van der Waals surface area contributed by atoms with E-state index in [4.69, 9.17) is 0 Å². The molecule has 1 N–H and O–H groups in total.